The number of benzene rings is 1. The van der Waals surface area contributed by atoms with Gasteiger partial charge in [0, 0.05) is 36.7 Å². The van der Waals surface area contributed by atoms with Crippen molar-refractivity contribution >= 4 is 11.6 Å². The lowest BCUT2D eigenvalue weighted by molar-refractivity contribution is 0.0330. The van der Waals surface area contributed by atoms with E-state index in [1.807, 2.05) is 12.1 Å². The molecule has 2 aliphatic rings. The first-order valence-corrected chi connectivity index (χ1v) is 8.40. The Morgan fingerprint density at radius 1 is 1.24 bits per heavy atom. The van der Waals surface area contributed by atoms with Crippen molar-refractivity contribution in [3.63, 3.8) is 0 Å². The van der Waals surface area contributed by atoms with Gasteiger partial charge in [0.1, 0.15) is 0 Å². The van der Waals surface area contributed by atoms with Crippen LogP contribution < -0.4 is 5.32 Å². The first-order chi connectivity index (χ1) is 10.2. The Labute approximate surface area is 132 Å². The van der Waals surface area contributed by atoms with Crippen molar-refractivity contribution in [2.45, 2.75) is 37.8 Å². The van der Waals surface area contributed by atoms with E-state index in [2.05, 4.69) is 29.3 Å². The predicted octanol–water partition coefficient (Wildman–Crippen LogP) is 2.90. The largest absolute Gasteiger partial charge is 0.379 e. The minimum absolute atomic E-state index is 0.555. The van der Waals surface area contributed by atoms with Crippen LogP contribution in [-0.2, 0) is 4.74 Å². The SMILES string of the molecule is CC(CN1CCOCC1)NC1CC(c2ccc(Cl)cc2)C1. The summed E-state index contributed by atoms with van der Waals surface area (Å²) in [6.45, 7) is 7.34. The first-order valence-electron chi connectivity index (χ1n) is 8.02. The molecule has 0 radical (unpaired) electrons. The van der Waals surface area contributed by atoms with E-state index in [0.29, 0.717) is 18.0 Å². The quantitative estimate of drug-likeness (QED) is 0.905. The summed E-state index contributed by atoms with van der Waals surface area (Å²) >= 11 is 5.94. The van der Waals surface area contributed by atoms with Crippen molar-refractivity contribution in [2.24, 2.45) is 0 Å². The molecule has 1 aliphatic carbocycles. The van der Waals surface area contributed by atoms with Crippen LogP contribution >= 0.6 is 11.6 Å². The minimum Gasteiger partial charge on any atom is -0.379 e. The van der Waals surface area contributed by atoms with Crippen LogP contribution in [0.3, 0.4) is 0 Å². The van der Waals surface area contributed by atoms with E-state index < -0.39 is 0 Å². The second-order valence-corrected chi connectivity index (χ2v) is 6.83. The Morgan fingerprint density at radius 3 is 2.57 bits per heavy atom. The summed E-state index contributed by atoms with van der Waals surface area (Å²) in [6, 6.07) is 9.55. The van der Waals surface area contributed by atoms with Crippen LogP contribution in [0.15, 0.2) is 24.3 Å². The maximum Gasteiger partial charge on any atom is 0.0594 e. The zero-order chi connectivity index (χ0) is 14.7. The fraction of sp³-hybridized carbons (Fsp3) is 0.647. The van der Waals surface area contributed by atoms with Gasteiger partial charge in [0.25, 0.3) is 0 Å². The lowest BCUT2D eigenvalue weighted by Crippen LogP contribution is -2.50. The summed E-state index contributed by atoms with van der Waals surface area (Å²) in [4.78, 5) is 2.50. The van der Waals surface area contributed by atoms with Gasteiger partial charge in [0.15, 0.2) is 0 Å². The fourth-order valence-electron chi connectivity index (χ4n) is 3.39. The van der Waals surface area contributed by atoms with Gasteiger partial charge >= 0.3 is 0 Å². The molecule has 116 valence electrons. The van der Waals surface area contributed by atoms with Crippen LogP contribution in [0.4, 0.5) is 0 Å². The number of nitrogens with one attached hydrogen (secondary N) is 1. The van der Waals surface area contributed by atoms with E-state index in [-0.39, 0.29) is 0 Å². The summed E-state index contributed by atoms with van der Waals surface area (Å²) in [7, 11) is 0. The maximum atomic E-state index is 5.94. The average Bonchev–Trinajstić information content (AvgIpc) is 2.45. The van der Waals surface area contributed by atoms with E-state index in [4.69, 9.17) is 16.3 Å². The molecule has 21 heavy (non-hydrogen) atoms. The van der Waals surface area contributed by atoms with Gasteiger partial charge in [-0.2, -0.15) is 0 Å². The molecule has 1 saturated heterocycles. The second-order valence-electron chi connectivity index (χ2n) is 6.40. The smallest absolute Gasteiger partial charge is 0.0594 e. The van der Waals surface area contributed by atoms with Gasteiger partial charge in [0.05, 0.1) is 13.2 Å². The van der Waals surface area contributed by atoms with E-state index in [9.17, 15) is 0 Å². The number of hydrogen-bond acceptors (Lipinski definition) is 3. The number of nitrogens with zero attached hydrogens (tertiary/aromatic N) is 1. The van der Waals surface area contributed by atoms with E-state index in [0.717, 1.165) is 37.9 Å². The van der Waals surface area contributed by atoms with E-state index in [1.165, 1.54) is 18.4 Å². The molecule has 1 unspecified atom stereocenters. The van der Waals surface area contributed by atoms with E-state index in [1.54, 1.807) is 0 Å². The molecule has 1 saturated carbocycles. The van der Waals surface area contributed by atoms with Crippen molar-refractivity contribution < 1.29 is 4.74 Å². The molecular formula is C17H25ClN2O. The Bertz CT molecular complexity index is 439. The number of halogens is 1. The number of ether oxygens (including phenoxy) is 1. The topological polar surface area (TPSA) is 24.5 Å². The lowest BCUT2D eigenvalue weighted by atomic mass is 9.75. The van der Waals surface area contributed by atoms with Gasteiger partial charge in [-0.05, 0) is 43.4 Å². The number of rotatable bonds is 5. The van der Waals surface area contributed by atoms with Crippen LogP contribution in [0.5, 0.6) is 0 Å². The summed E-state index contributed by atoms with van der Waals surface area (Å²) < 4.78 is 5.39. The van der Waals surface area contributed by atoms with Gasteiger partial charge in [0.2, 0.25) is 0 Å². The molecule has 3 rings (SSSR count). The minimum atomic E-state index is 0.555. The first kappa shape index (κ1) is 15.3. The molecule has 1 aromatic carbocycles. The summed E-state index contributed by atoms with van der Waals surface area (Å²) in [5.41, 5.74) is 1.43. The monoisotopic (exact) mass is 308 g/mol. The fourth-order valence-corrected chi connectivity index (χ4v) is 3.51. The van der Waals surface area contributed by atoms with Crippen LogP contribution in [0.2, 0.25) is 5.02 Å². The van der Waals surface area contributed by atoms with Gasteiger partial charge in [-0.25, -0.2) is 0 Å². The van der Waals surface area contributed by atoms with Crippen LogP contribution in [-0.4, -0.2) is 49.8 Å². The zero-order valence-corrected chi connectivity index (χ0v) is 13.5. The van der Waals surface area contributed by atoms with Crippen molar-refractivity contribution in [3.8, 4) is 0 Å². The Hall–Kier alpha value is -0.610. The molecule has 1 N–H and O–H groups in total. The van der Waals surface area contributed by atoms with Gasteiger partial charge < -0.3 is 10.1 Å². The molecule has 1 atom stereocenters. The highest BCUT2D eigenvalue weighted by atomic mass is 35.5. The van der Waals surface area contributed by atoms with Crippen molar-refractivity contribution in [1.29, 1.82) is 0 Å². The molecular weight excluding hydrogens is 284 g/mol. The highest BCUT2D eigenvalue weighted by molar-refractivity contribution is 6.30. The van der Waals surface area contributed by atoms with Crippen LogP contribution in [0.1, 0.15) is 31.2 Å². The third-order valence-electron chi connectivity index (χ3n) is 4.64. The molecule has 0 aromatic heterocycles. The normalized spacial score (nSPS) is 28.1. The Kier molecular flexibility index (Phi) is 5.17. The summed E-state index contributed by atoms with van der Waals surface area (Å²) in [5.74, 6) is 0.704. The molecule has 1 heterocycles. The Morgan fingerprint density at radius 2 is 1.90 bits per heavy atom. The highest BCUT2D eigenvalue weighted by Crippen LogP contribution is 2.37. The molecule has 3 nitrogen and oxygen atoms in total. The maximum absolute atomic E-state index is 5.94. The molecule has 1 aliphatic heterocycles. The zero-order valence-electron chi connectivity index (χ0n) is 12.7. The van der Waals surface area contributed by atoms with Crippen LogP contribution in [0, 0.1) is 0 Å². The van der Waals surface area contributed by atoms with Crippen molar-refractivity contribution in [1.82, 2.24) is 10.2 Å². The van der Waals surface area contributed by atoms with Gasteiger partial charge in [-0.1, -0.05) is 23.7 Å². The summed E-state index contributed by atoms with van der Waals surface area (Å²) in [6.07, 6.45) is 2.49. The lowest BCUT2D eigenvalue weighted by Gasteiger charge is -2.39. The molecule has 4 heteroatoms. The third kappa shape index (κ3) is 4.19. The third-order valence-corrected chi connectivity index (χ3v) is 4.89. The molecule has 0 spiro atoms. The van der Waals surface area contributed by atoms with Gasteiger partial charge in [-0.15, -0.1) is 0 Å². The Balaban J connectivity index is 1.38. The molecule has 1 aromatic rings. The van der Waals surface area contributed by atoms with E-state index >= 15 is 0 Å². The predicted molar refractivity (Wildman–Crippen MR) is 87.1 cm³/mol. The van der Waals surface area contributed by atoms with Gasteiger partial charge in [-0.3, -0.25) is 4.90 Å². The van der Waals surface area contributed by atoms with Crippen molar-refractivity contribution in [3.05, 3.63) is 34.9 Å². The molecule has 0 bridgehead atoms. The van der Waals surface area contributed by atoms with Crippen LogP contribution in [0.25, 0.3) is 0 Å². The standard InChI is InChI=1S/C17H25ClN2O/c1-13(12-20-6-8-21-9-7-20)19-17-10-15(11-17)14-2-4-16(18)5-3-14/h2-5,13,15,17,19H,6-12H2,1H3. The summed E-state index contributed by atoms with van der Waals surface area (Å²) in [5, 5.41) is 4.59. The second kappa shape index (κ2) is 7.10. The number of morpholine rings is 1. The molecule has 2 fully saturated rings. The number of hydrogen-bond donors (Lipinski definition) is 1. The highest BCUT2D eigenvalue weighted by Gasteiger charge is 2.31. The average molecular weight is 309 g/mol. The van der Waals surface area contributed by atoms with Crippen molar-refractivity contribution in [2.75, 3.05) is 32.8 Å². The molecule has 0 amide bonds.